The minimum Gasteiger partial charge on any atom is -0.380 e. The molecule has 4 nitrogen and oxygen atoms in total. The molecule has 1 aliphatic rings. The van der Waals surface area contributed by atoms with Crippen LogP contribution >= 0.6 is 0 Å². The molecule has 0 bridgehead atoms. The van der Waals surface area contributed by atoms with Crippen LogP contribution in [-0.4, -0.2) is 68.3 Å². The largest absolute Gasteiger partial charge is 0.380 e. The highest BCUT2D eigenvalue weighted by atomic mass is 16.5. The third-order valence-corrected chi connectivity index (χ3v) is 3.62. The van der Waals surface area contributed by atoms with Crippen LogP contribution in [0, 0.1) is 0 Å². The molecular weight excluding hydrogens is 202 g/mol. The molecule has 0 radical (unpaired) electrons. The molecule has 1 aliphatic heterocycles. The van der Waals surface area contributed by atoms with Gasteiger partial charge < -0.3 is 15.4 Å². The summed E-state index contributed by atoms with van der Waals surface area (Å²) >= 11 is 0. The summed E-state index contributed by atoms with van der Waals surface area (Å²) in [5.74, 6) is 0. The number of nitrogens with zero attached hydrogens (tertiary/aromatic N) is 2. The van der Waals surface area contributed by atoms with Crippen molar-refractivity contribution in [1.82, 2.24) is 9.80 Å². The topological polar surface area (TPSA) is 41.7 Å². The summed E-state index contributed by atoms with van der Waals surface area (Å²) < 4.78 is 5.30. The fraction of sp³-hybridized carbons (Fsp3) is 1.00. The van der Waals surface area contributed by atoms with Gasteiger partial charge in [-0.15, -0.1) is 0 Å². The van der Waals surface area contributed by atoms with Crippen LogP contribution in [0.1, 0.15) is 20.3 Å². The summed E-state index contributed by atoms with van der Waals surface area (Å²) in [6, 6.07) is 0.678. The number of nitrogens with two attached hydrogens (primary N) is 1. The summed E-state index contributed by atoms with van der Waals surface area (Å²) in [4.78, 5) is 5.06. The molecular formula is C12H27N3O. The molecule has 2 unspecified atom stereocenters. The summed E-state index contributed by atoms with van der Waals surface area (Å²) in [5.41, 5.74) is 5.62. The lowest BCUT2D eigenvalue weighted by atomic mass is 10.1. The molecule has 0 aliphatic carbocycles. The summed E-state index contributed by atoms with van der Waals surface area (Å²) in [5, 5.41) is 0. The van der Waals surface area contributed by atoms with Gasteiger partial charge in [0, 0.05) is 45.9 Å². The van der Waals surface area contributed by atoms with E-state index in [2.05, 4.69) is 23.6 Å². The van der Waals surface area contributed by atoms with Gasteiger partial charge in [0.1, 0.15) is 0 Å². The Kier molecular flexibility index (Phi) is 6.28. The van der Waals surface area contributed by atoms with E-state index >= 15 is 0 Å². The monoisotopic (exact) mass is 229 g/mol. The summed E-state index contributed by atoms with van der Waals surface area (Å²) in [6.07, 6.45) is 1.27. The van der Waals surface area contributed by atoms with Crippen LogP contribution in [0.2, 0.25) is 0 Å². The maximum Gasteiger partial charge on any atom is 0.0705 e. The van der Waals surface area contributed by atoms with E-state index in [1.165, 1.54) is 26.2 Å². The van der Waals surface area contributed by atoms with Gasteiger partial charge in [-0.05, 0) is 19.9 Å². The predicted molar refractivity (Wildman–Crippen MR) is 67.6 cm³/mol. The van der Waals surface area contributed by atoms with Crippen molar-refractivity contribution in [3.63, 3.8) is 0 Å². The van der Waals surface area contributed by atoms with E-state index < -0.39 is 0 Å². The molecule has 2 N–H and O–H groups in total. The Hall–Kier alpha value is -0.160. The molecule has 2 atom stereocenters. The van der Waals surface area contributed by atoms with Crippen molar-refractivity contribution >= 4 is 0 Å². The first-order valence-electron chi connectivity index (χ1n) is 6.40. The highest BCUT2D eigenvalue weighted by Crippen LogP contribution is 2.10. The van der Waals surface area contributed by atoms with Crippen molar-refractivity contribution in [2.24, 2.45) is 5.73 Å². The lowest BCUT2D eigenvalue weighted by Crippen LogP contribution is -2.52. The molecule has 0 aromatic carbocycles. The molecule has 96 valence electrons. The van der Waals surface area contributed by atoms with Gasteiger partial charge in [0.25, 0.3) is 0 Å². The second-order valence-electron chi connectivity index (χ2n) is 4.66. The van der Waals surface area contributed by atoms with Gasteiger partial charge in [-0.3, -0.25) is 4.90 Å². The lowest BCUT2D eigenvalue weighted by molar-refractivity contribution is 0.0584. The van der Waals surface area contributed by atoms with E-state index in [0.717, 1.165) is 13.0 Å². The first-order valence-corrected chi connectivity index (χ1v) is 6.40. The normalized spacial score (nSPS) is 25.9. The lowest BCUT2D eigenvalue weighted by Gasteiger charge is -2.39. The highest BCUT2D eigenvalue weighted by Gasteiger charge is 2.22. The molecule has 0 aromatic heterocycles. The third kappa shape index (κ3) is 4.01. The second-order valence-corrected chi connectivity index (χ2v) is 4.66. The molecule has 0 amide bonds. The van der Waals surface area contributed by atoms with Crippen molar-refractivity contribution in [3.8, 4) is 0 Å². The molecule has 1 heterocycles. The van der Waals surface area contributed by atoms with Crippen molar-refractivity contribution < 1.29 is 4.74 Å². The van der Waals surface area contributed by atoms with Crippen molar-refractivity contribution in [2.45, 2.75) is 32.4 Å². The number of ether oxygens (including phenoxy) is 1. The standard InChI is InChI=1S/C12H27N3O/c1-4-15-8-7-14(10-11(15)2)6-5-12(9-13)16-3/h11-12H,4-10,13H2,1-3H3. The molecule has 1 fully saturated rings. The van der Waals surface area contributed by atoms with Gasteiger partial charge in [0.05, 0.1) is 6.10 Å². The van der Waals surface area contributed by atoms with E-state index in [1.54, 1.807) is 7.11 Å². The van der Waals surface area contributed by atoms with Crippen molar-refractivity contribution in [3.05, 3.63) is 0 Å². The zero-order valence-corrected chi connectivity index (χ0v) is 11.0. The molecule has 1 rings (SSSR count). The summed E-state index contributed by atoms with van der Waals surface area (Å²) in [7, 11) is 1.75. The van der Waals surface area contributed by atoms with E-state index in [-0.39, 0.29) is 6.10 Å². The number of methoxy groups -OCH3 is 1. The van der Waals surface area contributed by atoms with Crippen LogP contribution in [0.5, 0.6) is 0 Å². The fourth-order valence-electron chi connectivity index (χ4n) is 2.40. The Morgan fingerprint density at radius 3 is 2.69 bits per heavy atom. The van der Waals surface area contributed by atoms with Crippen molar-refractivity contribution in [2.75, 3.05) is 46.4 Å². The zero-order valence-electron chi connectivity index (χ0n) is 11.0. The molecule has 4 heteroatoms. The van der Waals surface area contributed by atoms with Gasteiger partial charge >= 0.3 is 0 Å². The smallest absolute Gasteiger partial charge is 0.0705 e. The van der Waals surface area contributed by atoms with Crippen LogP contribution in [0.4, 0.5) is 0 Å². The van der Waals surface area contributed by atoms with Gasteiger partial charge in [0.2, 0.25) is 0 Å². The quantitative estimate of drug-likeness (QED) is 0.715. The predicted octanol–water partition coefficient (Wildman–Crippen LogP) is 0.376. The van der Waals surface area contributed by atoms with Crippen LogP contribution in [-0.2, 0) is 4.74 Å². The first kappa shape index (κ1) is 13.9. The molecule has 0 aromatic rings. The number of piperazine rings is 1. The Bertz CT molecular complexity index is 185. The van der Waals surface area contributed by atoms with Crippen LogP contribution < -0.4 is 5.73 Å². The number of hydrogen-bond acceptors (Lipinski definition) is 4. The molecule has 1 saturated heterocycles. The van der Waals surface area contributed by atoms with E-state index in [9.17, 15) is 0 Å². The maximum atomic E-state index is 5.62. The van der Waals surface area contributed by atoms with Gasteiger partial charge in [-0.25, -0.2) is 0 Å². The van der Waals surface area contributed by atoms with Gasteiger partial charge in [0.15, 0.2) is 0 Å². The highest BCUT2D eigenvalue weighted by molar-refractivity contribution is 4.78. The van der Waals surface area contributed by atoms with Crippen LogP contribution in [0.15, 0.2) is 0 Å². The van der Waals surface area contributed by atoms with Crippen LogP contribution in [0.3, 0.4) is 0 Å². The fourth-order valence-corrected chi connectivity index (χ4v) is 2.40. The second kappa shape index (κ2) is 7.22. The van der Waals surface area contributed by atoms with E-state index in [4.69, 9.17) is 10.5 Å². The molecule has 0 spiro atoms. The Morgan fingerprint density at radius 1 is 1.44 bits per heavy atom. The Balaban J connectivity index is 2.24. The number of hydrogen-bond donors (Lipinski definition) is 1. The van der Waals surface area contributed by atoms with Crippen LogP contribution in [0.25, 0.3) is 0 Å². The summed E-state index contributed by atoms with van der Waals surface area (Å²) in [6.45, 7) is 11.0. The SMILES string of the molecule is CCN1CCN(CCC(CN)OC)CC1C. The molecule has 0 saturated carbocycles. The Labute approximate surface area is 99.7 Å². The Morgan fingerprint density at radius 2 is 2.19 bits per heavy atom. The minimum atomic E-state index is 0.222. The minimum absolute atomic E-state index is 0.222. The van der Waals surface area contributed by atoms with Gasteiger partial charge in [-0.2, -0.15) is 0 Å². The van der Waals surface area contributed by atoms with E-state index in [0.29, 0.717) is 12.6 Å². The average Bonchev–Trinajstić information content (AvgIpc) is 2.30. The third-order valence-electron chi connectivity index (χ3n) is 3.62. The number of rotatable bonds is 6. The maximum absolute atomic E-state index is 5.62. The number of likely N-dealkylation sites (N-methyl/N-ethyl adjacent to an activating group) is 1. The van der Waals surface area contributed by atoms with Gasteiger partial charge in [-0.1, -0.05) is 6.92 Å². The molecule has 16 heavy (non-hydrogen) atoms. The zero-order chi connectivity index (χ0) is 12.0. The first-order chi connectivity index (χ1) is 7.71. The van der Waals surface area contributed by atoms with Crippen molar-refractivity contribution in [1.29, 1.82) is 0 Å². The van der Waals surface area contributed by atoms with E-state index in [1.807, 2.05) is 0 Å². The average molecular weight is 229 g/mol.